The molecule has 0 fully saturated rings. The second-order valence-corrected chi connectivity index (χ2v) is 6.82. The summed E-state index contributed by atoms with van der Waals surface area (Å²) in [6.07, 6.45) is 4.28. The maximum Gasteiger partial charge on any atom is 0.260 e. The number of aryl methyl sites for hydroxylation is 1. The number of nitrogens with one attached hydrogen (secondary N) is 1. The number of benzene rings is 1. The highest BCUT2D eigenvalue weighted by Crippen LogP contribution is 2.33. The molecule has 5 rings (SSSR count). The standard InChI is InChI=1S/C20H19N5O3/c26-20-14-11-16-13(6-9-28-16)10-17(14)27-8-2-1-7-25-12-21-24-19(25)15-4-3-5-18(22-15)23-20/h3-5,10-12H,1-2,6-9H2,(H,22,23,26). The van der Waals surface area contributed by atoms with Crippen molar-refractivity contribution in [1.29, 1.82) is 0 Å². The SMILES string of the molecule is O=C1Nc2cccc(n2)-c2nncn2CCCCOc2cc3c(cc21)OCC3. The zero-order valence-electron chi connectivity index (χ0n) is 15.2. The van der Waals surface area contributed by atoms with Crippen LogP contribution in [0.5, 0.6) is 11.5 Å². The lowest BCUT2D eigenvalue weighted by Gasteiger charge is -2.15. The molecule has 2 aromatic heterocycles. The summed E-state index contributed by atoms with van der Waals surface area (Å²) in [7, 11) is 0. The molecule has 0 radical (unpaired) electrons. The summed E-state index contributed by atoms with van der Waals surface area (Å²) in [5.74, 6) is 2.17. The fourth-order valence-corrected chi connectivity index (χ4v) is 3.50. The predicted octanol–water partition coefficient (Wildman–Crippen LogP) is 2.70. The average molecular weight is 377 g/mol. The van der Waals surface area contributed by atoms with Crippen LogP contribution in [0.3, 0.4) is 0 Å². The second kappa shape index (κ2) is 6.95. The third-order valence-electron chi connectivity index (χ3n) is 4.92. The zero-order chi connectivity index (χ0) is 18.9. The van der Waals surface area contributed by atoms with Crippen LogP contribution in [-0.4, -0.2) is 38.9 Å². The van der Waals surface area contributed by atoms with Crippen molar-refractivity contribution in [2.75, 3.05) is 18.5 Å². The lowest BCUT2D eigenvalue weighted by molar-refractivity contribution is 0.102. The summed E-state index contributed by atoms with van der Waals surface area (Å²) in [5, 5.41) is 11.1. The van der Waals surface area contributed by atoms with E-state index in [2.05, 4.69) is 20.5 Å². The van der Waals surface area contributed by atoms with E-state index in [1.54, 1.807) is 18.5 Å². The van der Waals surface area contributed by atoms with Gasteiger partial charge in [-0.3, -0.25) is 4.79 Å². The molecule has 8 nitrogen and oxygen atoms in total. The summed E-state index contributed by atoms with van der Waals surface area (Å²) < 4.78 is 13.6. The molecule has 0 atom stereocenters. The first kappa shape index (κ1) is 16.7. The minimum atomic E-state index is -0.281. The molecule has 1 amide bonds. The monoisotopic (exact) mass is 377 g/mol. The smallest absolute Gasteiger partial charge is 0.260 e. The topological polar surface area (TPSA) is 91.2 Å². The van der Waals surface area contributed by atoms with Gasteiger partial charge in [-0.15, -0.1) is 10.2 Å². The Morgan fingerprint density at radius 2 is 2.00 bits per heavy atom. The fraction of sp³-hybridized carbons (Fsp3) is 0.300. The van der Waals surface area contributed by atoms with Gasteiger partial charge in [0, 0.05) is 18.5 Å². The number of pyridine rings is 1. The Morgan fingerprint density at radius 3 is 2.96 bits per heavy atom. The minimum absolute atomic E-state index is 0.281. The van der Waals surface area contributed by atoms with E-state index >= 15 is 0 Å². The lowest BCUT2D eigenvalue weighted by atomic mass is 10.1. The first-order valence-corrected chi connectivity index (χ1v) is 9.37. The number of carbonyl (C=O) groups is 1. The zero-order valence-corrected chi connectivity index (χ0v) is 15.2. The Balaban J connectivity index is 1.55. The van der Waals surface area contributed by atoms with Gasteiger partial charge in [-0.25, -0.2) is 4.98 Å². The molecule has 1 N–H and O–H groups in total. The van der Waals surface area contributed by atoms with Gasteiger partial charge >= 0.3 is 0 Å². The molecule has 0 saturated carbocycles. The molecule has 28 heavy (non-hydrogen) atoms. The molecule has 0 aliphatic carbocycles. The number of anilines is 1. The van der Waals surface area contributed by atoms with Crippen LogP contribution in [0, 0.1) is 0 Å². The molecular formula is C20H19N5O3. The van der Waals surface area contributed by atoms with Crippen LogP contribution < -0.4 is 14.8 Å². The third-order valence-corrected chi connectivity index (χ3v) is 4.92. The Kier molecular flexibility index (Phi) is 4.16. The molecule has 2 aliphatic rings. The van der Waals surface area contributed by atoms with E-state index in [0.29, 0.717) is 41.9 Å². The molecule has 0 saturated heterocycles. The van der Waals surface area contributed by atoms with Gasteiger partial charge in [0.25, 0.3) is 5.91 Å². The van der Waals surface area contributed by atoms with E-state index in [9.17, 15) is 4.79 Å². The summed E-state index contributed by atoms with van der Waals surface area (Å²) >= 11 is 0. The van der Waals surface area contributed by atoms with Gasteiger partial charge < -0.3 is 19.4 Å². The molecule has 0 unspecified atom stereocenters. The van der Waals surface area contributed by atoms with Crippen molar-refractivity contribution < 1.29 is 14.3 Å². The number of amides is 1. The number of fused-ring (bicyclic) bond motifs is 6. The molecule has 0 spiro atoms. The van der Waals surface area contributed by atoms with Gasteiger partial charge in [-0.2, -0.15) is 0 Å². The highest BCUT2D eigenvalue weighted by Gasteiger charge is 2.22. The van der Waals surface area contributed by atoms with Crippen LogP contribution in [0.25, 0.3) is 11.5 Å². The fourth-order valence-electron chi connectivity index (χ4n) is 3.50. The minimum Gasteiger partial charge on any atom is -0.493 e. The number of nitrogens with zero attached hydrogens (tertiary/aromatic N) is 4. The molecule has 8 heteroatoms. The first-order chi connectivity index (χ1) is 13.8. The molecule has 142 valence electrons. The largest absolute Gasteiger partial charge is 0.493 e. The number of hydrogen-bond acceptors (Lipinski definition) is 6. The van der Waals surface area contributed by atoms with Gasteiger partial charge in [-0.05, 0) is 37.1 Å². The van der Waals surface area contributed by atoms with Crippen molar-refractivity contribution in [3.8, 4) is 23.0 Å². The molecule has 4 heterocycles. The normalized spacial score (nSPS) is 15.9. The van der Waals surface area contributed by atoms with Crippen LogP contribution in [0.1, 0.15) is 28.8 Å². The Morgan fingerprint density at radius 1 is 1.07 bits per heavy atom. The Labute approximate surface area is 161 Å². The molecule has 2 aliphatic heterocycles. The van der Waals surface area contributed by atoms with Crippen molar-refractivity contribution in [2.24, 2.45) is 0 Å². The Hall–Kier alpha value is -3.42. The summed E-state index contributed by atoms with van der Waals surface area (Å²) in [4.78, 5) is 17.5. The number of aromatic nitrogens is 4. The van der Waals surface area contributed by atoms with Crippen molar-refractivity contribution in [3.63, 3.8) is 0 Å². The Bertz CT molecular complexity index is 1050. The van der Waals surface area contributed by atoms with Crippen LogP contribution in [-0.2, 0) is 13.0 Å². The van der Waals surface area contributed by atoms with Gasteiger partial charge in [0.1, 0.15) is 29.3 Å². The number of carbonyl (C=O) groups excluding carboxylic acids is 1. The van der Waals surface area contributed by atoms with E-state index in [-0.39, 0.29) is 5.91 Å². The summed E-state index contributed by atoms with van der Waals surface area (Å²) in [5.41, 5.74) is 2.19. The van der Waals surface area contributed by atoms with Crippen molar-refractivity contribution in [1.82, 2.24) is 19.7 Å². The van der Waals surface area contributed by atoms with Crippen LogP contribution in [0.15, 0.2) is 36.7 Å². The second-order valence-electron chi connectivity index (χ2n) is 6.82. The van der Waals surface area contributed by atoms with E-state index in [1.807, 2.05) is 22.8 Å². The maximum absolute atomic E-state index is 13.0. The van der Waals surface area contributed by atoms with Crippen LogP contribution in [0.4, 0.5) is 5.82 Å². The highest BCUT2D eigenvalue weighted by molar-refractivity contribution is 6.06. The van der Waals surface area contributed by atoms with Crippen LogP contribution in [0.2, 0.25) is 0 Å². The van der Waals surface area contributed by atoms with Crippen molar-refractivity contribution in [3.05, 3.63) is 47.8 Å². The number of rotatable bonds is 0. The highest BCUT2D eigenvalue weighted by atomic mass is 16.5. The third kappa shape index (κ3) is 3.06. The first-order valence-electron chi connectivity index (χ1n) is 9.37. The lowest BCUT2D eigenvalue weighted by Crippen LogP contribution is -2.16. The van der Waals surface area contributed by atoms with Gasteiger partial charge in [0.05, 0.1) is 18.8 Å². The van der Waals surface area contributed by atoms with E-state index in [4.69, 9.17) is 9.47 Å². The van der Waals surface area contributed by atoms with E-state index in [1.165, 1.54) is 0 Å². The van der Waals surface area contributed by atoms with E-state index < -0.39 is 0 Å². The molecule has 1 aromatic carbocycles. The van der Waals surface area contributed by atoms with Crippen molar-refractivity contribution in [2.45, 2.75) is 25.8 Å². The summed E-state index contributed by atoms with van der Waals surface area (Å²) in [6.45, 7) is 1.93. The summed E-state index contributed by atoms with van der Waals surface area (Å²) in [6, 6.07) is 9.13. The van der Waals surface area contributed by atoms with Crippen LogP contribution >= 0.6 is 0 Å². The van der Waals surface area contributed by atoms with Crippen molar-refractivity contribution >= 4 is 11.7 Å². The van der Waals surface area contributed by atoms with Gasteiger partial charge in [0.2, 0.25) is 0 Å². The van der Waals surface area contributed by atoms with Gasteiger partial charge in [0.15, 0.2) is 5.82 Å². The van der Waals surface area contributed by atoms with Gasteiger partial charge in [-0.1, -0.05) is 6.07 Å². The van der Waals surface area contributed by atoms with E-state index in [0.717, 1.165) is 37.1 Å². The molecular weight excluding hydrogens is 358 g/mol. The number of hydrogen-bond donors (Lipinski definition) is 1. The average Bonchev–Trinajstić information content (AvgIpc) is 3.35. The quantitative estimate of drug-likeness (QED) is 0.648. The molecule has 2 bridgehead atoms. The predicted molar refractivity (Wildman–Crippen MR) is 102 cm³/mol. The number of ether oxygens (including phenoxy) is 2. The molecule has 3 aromatic rings. The maximum atomic E-state index is 13.0.